The maximum absolute atomic E-state index is 12.1. The SMILES string of the molecule is C[C@@H](NC(=O)Cn1nnc(-c2ccc(C(N)=O)cc2)n1)c1cccs1. The van der Waals surface area contributed by atoms with Crippen molar-refractivity contribution in [2.24, 2.45) is 5.73 Å². The first-order valence-electron chi connectivity index (χ1n) is 7.54. The maximum Gasteiger partial charge on any atom is 0.248 e. The topological polar surface area (TPSA) is 116 Å². The van der Waals surface area contributed by atoms with Crippen molar-refractivity contribution >= 4 is 23.2 Å². The minimum Gasteiger partial charge on any atom is -0.366 e. The van der Waals surface area contributed by atoms with Gasteiger partial charge in [0.1, 0.15) is 6.54 Å². The van der Waals surface area contributed by atoms with Gasteiger partial charge in [-0.2, -0.15) is 4.80 Å². The first kappa shape index (κ1) is 16.8. The van der Waals surface area contributed by atoms with Gasteiger partial charge in [0.2, 0.25) is 17.6 Å². The van der Waals surface area contributed by atoms with E-state index in [1.807, 2.05) is 24.4 Å². The molecule has 2 aromatic heterocycles. The van der Waals surface area contributed by atoms with Gasteiger partial charge in [0.05, 0.1) is 6.04 Å². The second-order valence-corrected chi connectivity index (χ2v) is 6.37. The van der Waals surface area contributed by atoms with Crippen LogP contribution in [0.4, 0.5) is 0 Å². The lowest BCUT2D eigenvalue weighted by molar-refractivity contribution is -0.122. The van der Waals surface area contributed by atoms with Crippen LogP contribution in [-0.4, -0.2) is 32.0 Å². The van der Waals surface area contributed by atoms with Crippen LogP contribution >= 0.6 is 11.3 Å². The zero-order valence-electron chi connectivity index (χ0n) is 13.4. The minimum atomic E-state index is -0.500. The van der Waals surface area contributed by atoms with E-state index in [4.69, 9.17) is 5.73 Å². The molecule has 0 saturated carbocycles. The number of hydrogen-bond acceptors (Lipinski definition) is 6. The highest BCUT2D eigenvalue weighted by Crippen LogP contribution is 2.18. The molecule has 0 aliphatic heterocycles. The lowest BCUT2D eigenvalue weighted by Gasteiger charge is -2.11. The number of nitrogens with zero attached hydrogens (tertiary/aromatic N) is 4. The number of hydrogen-bond donors (Lipinski definition) is 2. The monoisotopic (exact) mass is 356 g/mol. The Morgan fingerprint density at radius 3 is 2.68 bits per heavy atom. The molecule has 0 radical (unpaired) electrons. The largest absolute Gasteiger partial charge is 0.366 e. The maximum atomic E-state index is 12.1. The Labute approximate surface area is 147 Å². The molecule has 0 fully saturated rings. The van der Waals surface area contributed by atoms with Crippen LogP contribution in [0.15, 0.2) is 41.8 Å². The van der Waals surface area contributed by atoms with Crippen molar-refractivity contribution in [3.8, 4) is 11.4 Å². The number of tetrazole rings is 1. The number of carbonyl (C=O) groups excluding carboxylic acids is 2. The molecule has 2 heterocycles. The molecule has 2 amide bonds. The first-order chi connectivity index (χ1) is 12.0. The third-order valence-corrected chi connectivity index (χ3v) is 4.57. The summed E-state index contributed by atoms with van der Waals surface area (Å²) in [4.78, 5) is 25.5. The number of nitrogens with two attached hydrogens (primary N) is 1. The van der Waals surface area contributed by atoms with Crippen molar-refractivity contribution in [1.82, 2.24) is 25.5 Å². The van der Waals surface area contributed by atoms with E-state index in [1.54, 1.807) is 35.6 Å². The highest BCUT2D eigenvalue weighted by molar-refractivity contribution is 7.10. The van der Waals surface area contributed by atoms with E-state index in [2.05, 4.69) is 20.7 Å². The molecular formula is C16H16N6O2S. The molecule has 128 valence electrons. The first-order valence-corrected chi connectivity index (χ1v) is 8.41. The summed E-state index contributed by atoms with van der Waals surface area (Å²) in [5.74, 6) is -0.330. The fourth-order valence-corrected chi connectivity index (χ4v) is 2.97. The number of benzene rings is 1. The van der Waals surface area contributed by atoms with Gasteiger partial charge in [-0.15, -0.1) is 21.5 Å². The van der Waals surface area contributed by atoms with Crippen LogP contribution in [0.5, 0.6) is 0 Å². The molecule has 8 nitrogen and oxygen atoms in total. The van der Waals surface area contributed by atoms with Crippen LogP contribution in [0.1, 0.15) is 28.2 Å². The fraction of sp³-hybridized carbons (Fsp3) is 0.188. The molecule has 0 saturated heterocycles. The summed E-state index contributed by atoms with van der Waals surface area (Å²) in [7, 11) is 0. The smallest absolute Gasteiger partial charge is 0.248 e. The zero-order chi connectivity index (χ0) is 17.8. The van der Waals surface area contributed by atoms with Gasteiger partial charge in [-0.3, -0.25) is 9.59 Å². The summed E-state index contributed by atoms with van der Waals surface area (Å²) >= 11 is 1.59. The van der Waals surface area contributed by atoms with E-state index in [0.717, 1.165) is 4.88 Å². The van der Waals surface area contributed by atoms with E-state index in [0.29, 0.717) is 17.0 Å². The van der Waals surface area contributed by atoms with Gasteiger partial charge in [-0.1, -0.05) is 18.2 Å². The van der Waals surface area contributed by atoms with Gasteiger partial charge in [0.15, 0.2) is 0 Å². The molecule has 1 aromatic carbocycles. The van der Waals surface area contributed by atoms with Crippen LogP contribution in [-0.2, 0) is 11.3 Å². The normalized spacial score (nSPS) is 11.9. The number of thiophene rings is 1. The molecule has 0 aliphatic rings. The van der Waals surface area contributed by atoms with Gasteiger partial charge < -0.3 is 11.1 Å². The third-order valence-electron chi connectivity index (χ3n) is 3.51. The Hall–Kier alpha value is -3.07. The van der Waals surface area contributed by atoms with Gasteiger partial charge in [0.25, 0.3) is 0 Å². The van der Waals surface area contributed by atoms with Crippen LogP contribution < -0.4 is 11.1 Å². The van der Waals surface area contributed by atoms with Gasteiger partial charge in [-0.25, -0.2) is 0 Å². The third kappa shape index (κ3) is 4.07. The van der Waals surface area contributed by atoms with Gasteiger partial charge in [-0.05, 0) is 35.7 Å². The second kappa shape index (κ2) is 7.22. The van der Waals surface area contributed by atoms with Crippen molar-refractivity contribution < 1.29 is 9.59 Å². The lowest BCUT2D eigenvalue weighted by atomic mass is 10.1. The Bertz CT molecular complexity index is 872. The molecule has 3 N–H and O–H groups in total. The predicted octanol–water partition coefficient (Wildman–Crippen LogP) is 1.38. The molecule has 0 bridgehead atoms. The quantitative estimate of drug-likeness (QED) is 0.692. The molecule has 0 aliphatic carbocycles. The van der Waals surface area contributed by atoms with Crippen LogP contribution in [0.25, 0.3) is 11.4 Å². The lowest BCUT2D eigenvalue weighted by Crippen LogP contribution is -2.30. The molecule has 3 aromatic rings. The van der Waals surface area contributed by atoms with E-state index >= 15 is 0 Å². The molecule has 1 atom stereocenters. The highest BCUT2D eigenvalue weighted by atomic mass is 32.1. The van der Waals surface area contributed by atoms with Crippen molar-refractivity contribution in [3.63, 3.8) is 0 Å². The van der Waals surface area contributed by atoms with Crippen LogP contribution in [0, 0.1) is 0 Å². The van der Waals surface area contributed by atoms with E-state index in [9.17, 15) is 9.59 Å². The van der Waals surface area contributed by atoms with Gasteiger partial charge in [0, 0.05) is 16.0 Å². The van der Waals surface area contributed by atoms with Crippen LogP contribution in [0.2, 0.25) is 0 Å². The molecular weight excluding hydrogens is 340 g/mol. The number of rotatable bonds is 6. The molecule has 25 heavy (non-hydrogen) atoms. The standard InChI is InChI=1S/C16H16N6O2S/c1-10(13-3-2-8-25-13)18-14(23)9-22-20-16(19-21-22)12-6-4-11(5-7-12)15(17)24/h2-8,10H,9H2,1H3,(H2,17,24)(H,18,23)/t10-/m1/s1. The molecule has 3 rings (SSSR count). The second-order valence-electron chi connectivity index (χ2n) is 5.39. The van der Waals surface area contributed by atoms with Gasteiger partial charge >= 0.3 is 0 Å². The summed E-state index contributed by atoms with van der Waals surface area (Å²) in [5, 5.41) is 16.9. The fourth-order valence-electron chi connectivity index (χ4n) is 2.23. The average molecular weight is 356 g/mol. The van der Waals surface area contributed by atoms with Crippen molar-refractivity contribution in [2.45, 2.75) is 19.5 Å². The van der Waals surface area contributed by atoms with Crippen LogP contribution in [0.3, 0.4) is 0 Å². The Morgan fingerprint density at radius 1 is 1.28 bits per heavy atom. The van der Waals surface area contributed by atoms with E-state index < -0.39 is 5.91 Å². The number of nitrogens with one attached hydrogen (secondary N) is 1. The number of primary amides is 1. The highest BCUT2D eigenvalue weighted by Gasteiger charge is 2.13. The average Bonchev–Trinajstić information content (AvgIpc) is 3.26. The minimum absolute atomic E-state index is 0.0257. The van der Waals surface area contributed by atoms with Crippen molar-refractivity contribution in [1.29, 1.82) is 0 Å². The summed E-state index contributed by atoms with van der Waals surface area (Å²) in [6, 6.07) is 10.4. The summed E-state index contributed by atoms with van der Waals surface area (Å²) in [6.07, 6.45) is 0. The molecule has 9 heteroatoms. The Morgan fingerprint density at radius 2 is 2.04 bits per heavy atom. The zero-order valence-corrected chi connectivity index (χ0v) is 14.2. The van der Waals surface area contributed by atoms with Crippen molar-refractivity contribution in [3.05, 3.63) is 52.2 Å². The summed E-state index contributed by atoms with van der Waals surface area (Å²) < 4.78 is 0. The Balaban J connectivity index is 1.63. The summed E-state index contributed by atoms with van der Waals surface area (Å²) in [6.45, 7) is 1.90. The number of aromatic nitrogens is 4. The number of amides is 2. The van der Waals surface area contributed by atoms with Crippen molar-refractivity contribution in [2.75, 3.05) is 0 Å². The Kier molecular flexibility index (Phi) is 4.85. The van der Waals surface area contributed by atoms with E-state index in [-0.39, 0.29) is 18.5 Å². The van der Waals surface area contributed by atoms with E-state index in [1.165, 1.54) is 4.80 Å². The number of carbonyl (C=O) groups is 2. The molecule has 0 unspecified atom stereocenters. The predicted molar refractivity (Wildman–Crippen MR) is 92.6 cm³/mol. The molecule has 0 spiro atoms. The summed E-state index contributed by atoms with van der Waals surface area (Å²) in [5.41, 5.74) is 6.29.